The highest BCUT2D eigenvalue weighted by Gasteiger charge is 2.26. The Morgan fingerprint density at radius 2 is 1.58 bits per heavy atom. The number of carbonyl (C=O) groups is 4. The molecule has 0 aliphatic rings. The number of hydrogen-bond acceptors (Lipinski definition) is 8. The van der Waals surface area contributed by atoms with Crippen molar-refractivity contribution in [3.63, 3.8) is 0 Å². The molecule has 0 aliphatic heterocycles. The molecule has 0 aromatic rings. The van der Waals surface area contributed by atoms with Gasteiger partial charge in [0.05, 0.1) is 11.5 Å². The molecule has 0 rings (SSSR count). The van der Waals surface area contributed by atoms with E-state index in [2.05, 4.69) is 5.32 Å². The van der Waals surface area contributed by atoms with Gasteiger partial charge < -0.3 is 19.5 Å². The van der Waals surface area contributed by atoms with Gasteiger partial charge in [-0.2, -0.15) is 0 Å². The summed E-state index contributed by atoms with van der Waals surface area (Å²) in [6, 6.07) is -0.984. The van der Waals surface area contributed by atoms with Crippen LogP contribution in [0.15, 0.2) is 0 Å². The van der Waals surface area contributed by atoms with Gasteiger partial charge in [-0.3, -0.25) is 9.59 Å². The Labute approximate surface area is 158 Å². The number of thioether (sulfide) groups is 1. The van der Waals surface area contributed by atoms with Crippen LogP contribution in [0.3, 0.4) is 0 Å². The Balaban J connectivity index is 4.53. The zero-order chi connectivity index (χ0) is 20.5. The van der Waals surface area contributed by atoms with Crippen molar-refractivity contribution in [1.82, 2.24) is 5.32 Å². The molecule has 1 atom stereocenters. The van der Waals surface area contributed by atoms with E-state index in [4.69, 9.17) is 14.2 Å². The molecule has 0 heterocycles. The molecule has 0 fully saturated rings. The summed E-state index contributed by atoms with van der Waals surface area (Å²) in [6.07, 6.45) is -0.352. The molecule has 0 bridgehead atoms. The predicted octanol–water partition coefficient (Wildman–Crippen LogP) is 2.50. The summed E-state index contributed by atoms with van der Waals surface area (Å²) < 4.78 is 14.7. The predicted molar refractivity (Wildman–Crippen MR) is 97.3 cm³/mol. The summed E-state index contributed by atoms with van der Waals surface area (Å²) in [7, 11) is 0. The summed E-state index contributed by atoms with van der Waals surface area (Å²) in [6.45, 7) is 11.3. The van der Waals surface area contributed by atoms with Crippen molar-refractivity contribution >= 4 is 34.9 Å². The average molecular weight is 391 g/mol. The van der Waals surface area contributed by atoms with Crippen LogP contribution in [0.5, 0.6) is 0 Å². The lowest BCUT2D eigenvalue weighted by Gasteiger charge is -2.19. The van der Waals surface area contributed by atoms with Gasteiger partial charge in [-0.15, -0.1) is 0 Å². The SMILES string of the molecule is CC(C)OC(=O)[C@H](CSC(=O)OCOC(=O)C(C)(C)C)NC(=O)C(C)C. The van der Waals surface area contributed by atoms with Gasteiger partial charge in [0.15, 0.2) is 0 Å². The molecule has 1 N–H and O–H groups in total. The van der Waals surface area contributed by atoms with Crippen molar-refractivity contribution in [3.05, 3.63) is 0 Å². The zero-order valence-electron chi connectivity index (χ0n) is 16.4. The van der Waals surface area contributed by atoms with E-state index in [1.165, 1.54) is 0 Å². The van der Waals surface area contributed by atoms with Gasteiger partial charge in [0.2, 0.25) is 12.7 Å². The maximum Gasteiger partial charge on any atom is 0.370 e. The summed E-state index contributed by atoms with van der Waals surface area (Å²) in [4.78, 5) is 47.2. The van der Waals surface area contributed by atoms with Gasteiger partial charge in [0.25, 0.3) is 0 Å². The smallest absolute Gasteiger partial charge is 0.370 e. The summed E-state index contributed by atoms with van der Waals surface area (Å²) in [5.74, 6) is -1.84. The van der Waals surface area contributed by atoms with Gasteiger partial charge in [0.1, 0.15) is 6.04 Å². The van der Waals surface area contributed by atoms with E-state index < -0.39 is 35.5 Å². The lowest BCUT2D eigenvalue weighted by atomic mass is 9.98. The van der Waals surface area contributed by atoms with Crippen LogP contribution in [0.2, 0.25) is 0 Å². The largest absolute Gasteiger partial charge is 0.461 e. The van der Waals surface area contributed by atoms with Gasteiger partial charge in [0, 0.05) is 11.7 Å². The molecule has 1 amide bonds. The quantitative estimate of drug-likeness (QED) is 0.497. The van der Waals surface area contributed by atoms with Crippen molar-refractivity contribution in [3.8, 4) is 0 Å². The number of rotatable bonds is 8. The average Bonchev–Trinajstić information content (AvgIpc) is 2.48. The molecular weight excluding hydrogens is 362 g/mol. The lowest BCUT2D eigenvalue weighted by molar-refractivity contribution is -0.160. The second kappa shape index (κ2) is 11.1. The molecule has 0 aliphatic carbocycles. The van der Waals surface area contributed by atoms with Crippen LogP contribution in [0.25, 0.3) is 0 Å². The van der Waals surface area contributed by atoms with Gasteiger partial charge in [-0.1, -0.05) is 13.8 Å². The van der Waals surface area contributed by atoms with Crippen LogP contribution < -0.4 is 5.32 Å². The minimum atomic E-state index is -0.984. The Hall–Kier alpha value is -1.77. The second-order valence-electron chi connectivity index (χ2n) is 7.21. The molecule has 9 heteroatoms. The van der Waals surface area contributed by atoms with E-state index in [1.807, 2.05) is 0 Å². The molecule has 0 aromatic heterocycles. The van der Waals surface area contributed by atoms with Gasteiger partial charge in [-0.05, 0) is 46.4 Å². The van der Waals surface area contributed by atoms with Crippen molar-refractivity contribution < 1.29 is 33.4 Å². The lowest BCUT2D eigenvalue weighted by Crippen LogP contribution is -2.46. The van der Waals surface area contributed by atoms with Crippen LogP contribution in [0, 0.1) is 11.3 Å². The van der Waals surface area contributed by atoms with E-state index in [0.717, 1.165) is 0 Å². The number of nitrogens with one attached hydrogen (secondary N) is 1. The molecular formula is C17H29NO7S. The monoisotopic (exact) mass is 391 g/mol. The first-order valence-corrected chi connectivity index (χ1v) is 9.30. The first-order chi connectivity index (χ1) is 11.8. The number of hydrogen-bond donors (Lipinski definition) is 1. The molecule has 0 aromatic carbocycles. The first-order valence-electron chi connectivity index (χ1n) is 8.32. The van der Waals surface area contributed by atoms with Crippen LogP contribution in [-0.4, -0.2) is 47.8 Å². The van der Waals surface area contributed by atoms with E-state index in [-0.39, 0.29) is 23.7 Å². The Morgan fingerprint density at radius 3 is 2.04 bits per heavy atom. The topological polar surface area (TPSA) is 108 Å². The summed E-state index contributed by atoms with van der Waals surface area (Å²) in [5.41, 5.74) is -0.702. The second-order valence-corrected chi connectivity index (χ2v) is 8.16. The molecule has 0 saturated heterocycles. The molecule has 0 spiro atoms. The van der Waals surface area contributed by atoms with Crippen LogP contribution in [-0.2, 0) is 28.6 Å². The highest BCUT2D eigenvalue weighted by molar-refractivity contribution is 8.13. The molecule has 0 unspecified atom stereocenters. The highest BCUT2D eigenvalue weighted by Crippen LogP contribution is 2.16. The number of ether oxygens (including phenoxy) is 3. The maximum absolute atomic E-state index is 12.1. The van der Waals surface area contributed by atoms with Crippen molar-refractivity contribution in [2.24, 2.45) is 11.3 Å². The summed E-state index contributed by atoms with van der Waals surface area (Å²) >= 11 is 0.685. The van der Waals surface area contributed by atoms with E-state index >= 15 is 0 Å². The third-order valence-corrected chi connectivity index (χ3v) is 3.68. The molecule has 26 heavy (non-hydrogen) atoms. The minimum Gasteiger partial charge on any atom is -0.461 e. The normalized spacial score (nSPS) is 12.5. The first kappa shape index (κ1) is 24.2. The fraction of sp³-hybridized carbons (Fsp3) is 0.765. The molecule has 8 nitrogen and oxygen atoms in total. The zero-order valence-corrected chi connectivity index (χ0v) is 17.2. The van der Waals surface area contributed by atoms with Crippen LogP contribution in [0.4, 0.5) is 4.79 Å². The maximum atomic E-state index is 12.1. The van der Waals surface area contributed by atoms with Crippen molar-refractivity contribution in [2.45, 2.75) is 60.6 Å². The standard InChI is InChI=1S/C17H29NO7S/c1-10(2)13(19)18-12(14(20)25-11(3)4)8-26-16(22)24-9-23-15(21)17(5,6)7/h10-12H,8-9H2,1-7H3,(H,18,19)/t12-/m0/s1. The van der Waals surface area contributed by atoms with Crippen molar-refractivity contribution in [1.29, 1.82) is 0 Å². The third kappa shape index (κ3) is 10.3. The highest BCUT2D eigenvalue weighted by atomic mass is 32.2. The van der Waals surface area contributed by atoms with Crippen LogP contribution >= 0.6 is 11.8 Å². The number of amides is 1. The Morgan fingerprint density at radius 1 is 1.00 bits per heavy atom. The van der Waals surface area contributed by atoms with Gasteiger partial charge in [-0.25, -0.2) is 9.59 Å². The van der Waals surface area contributed by atoms with E-state index in [9.17, 15) is 19.2 Å². The Kier molecular flexibility index (Phi) is 10.3. The minimum absolute atomic E-state index is 0.0595. The molecule has 0 radical (unpaired) electrons. The number of carbonyl (C=O) groups excluding carboxylic acids is 4. The van der Waals surface area contributed by atoms with Crippen molar-refractivity contribution in [2.75, 3.05) is 12.5 Å². The Bertz CT molecular complexity index is 512. The fourth-order valence-corrected chi connectivity index (χ4v) is 2.02. The van der Waals surface area contributed by atoms with Gasteiger partial charge >= 0.3 is 17.2 Å². The van der Waals surface area contributed by atoms with Crippen LogP contribution in [0.1, 0.15) is 48.5 Å². The summed E-state index contributed by atoms with van der Waals surface area (Å²) in [5, 5.41) is 1.81. The molecule has 150 valence electrons. The number of esters is 2. The third-order valence-electron chi connectivity index (χ3n) is 2.82. The fourth-order valence-electron chi connectivity index (χ4n) is 1.36. The van der Waals surface area contributed by atoms with E-state index in [0.29, 0.717) is 11.8 Å². The molecule has 0 saturated carbocycles. The van der Waals surface area contributed by atoms with E-state index in [1.54, 1.807) is 48.5 Å².